The Morgan fingerprint density at radius 1 is 1.24 bits per heavy atom. The molecule has 0 saturated carbocycles. The zero-order valence-electron chi connectivity index (χ0n) is 14.4. The fraction of sp³-hybridized carbons (Fsp3) is 0.368. The highest BCUT2D eigenvalue weighted by Gasteiger charge is 2.37. The molecular weight excluding hydrogens is 314 g/mol. The molecule has 0 amide bonds. The Labute approximate surface area is 147 Å². The Kier molecular flexibility index (Phi) is 4.15. The molecule has 6 heteroatoms. The Bertz CT molecular complexity index is 849. The first-order valence-corrected chi connectivity index (χ1v) is 8.61. The molecule has 0 radical (unpaired) electrons. The lowest BCUT2D eigenvalue weighted by molar-refractivity contribution is 0.0561. The summed E-state index contributed by atoms with van der Waals surface area (Å²) in [5.74, 6) is 0.848. The molecule has 2 N–H and O–H groups in total. The van der Waals surface area contributed by atoms with Crippen LogP contribution in [0, 0.1) is 0 Å². The Hall–Kier alpha value is -2.44. The Morgan fingerprint density at radius 3 is 2.92 bits per heavy atom. The van der Waals surface area contributed by atoms with Crippen LogP contribution in [-0.4, -0.2) is 57.2 Å². The monoisotopic (exact) mass is 337 g/mol. The molecule has 1 aliphatic rings. The summed E-state index contributed by atoms with van der Waals surface area (Å²) >= 11 is 0. The number of nitrogens with one attached hydrogen (secondary N) is 1. The van der Waals surface area contributed by atoms with Crippen molar-refractivity contribution >= 4 is 16.9 Å². The topological polar surface area (TPSA) is 68.3 Å². The number of aromatic nitrogens is 3. The third-order valence-corrected chi connectivity index (χ3v) is 4.89. The number of hydrogen-bond acceptors (Lipinski definition) is 5. The molecule has 4 rings (SSSR count). The van der Waals surface area contributed by atoms with E-state index in [1.54, 1.807) is 6.33 Å². The molecule has 0 spiro atoms. The van der Waals surface area contributed by atoms with Crippen LogP contribution in [0.15, 0.2) is 48.9 Å². The van der Waals surface area contributed by atoms with Crippen LogP contribution in [0.2, 0.25) is 0 Å². The number of fused-ring (bicyclic) bond motifs is 1. The summed E-state index contributed by atoms with van der Waals surface area (Å²) in [5.41, 5.74) is 1.38. The molecule has 1 atom stereocenters. The van der Waals surface area contributed by atoms with Gasteiger partial charge in [-0.05, 0) is 18.1 Å². The summed E-state index contributed by atoms with van der Waals surface area (Å²) in [7, 11) is 1.98. The van der Waals surface area contributed by atoms with Gasteiger partial charge in [-0.25, -0.2) is 9.97 Å². The summed E-state index contributed by atoms with van der Waals surface area (Å²) in [6.07, 6.45) is 4.19. The van der Waals surface area contributed by atoms with E-state index in [2.05, 4.69) is 44.1 Å². The maximum absolute atomic E-state index is 11.1. The van der Waals surface area contributed by atoms with E-state index in [9.17, 15) is 5.11 Å². The van der Waals surface area contributed by atoms with Gasteiger partial charge in [-0.15, -0.1) is 0 Å². The van der Waals surface area contributed by atoms with Crippen LogP contribution in [0.5, 0.6) is 0 Å². The lowest BCUT2D eigenvalue weighted by atomic mass is 10.0. The lowest BCUT2D eigenvalue weighted by Crippen LogP contribution is -2.44. The minimum Gasteiger partial charge on any atom is -0.387 e. The molecule has 2 aromatic heterocycles. The van der Waals surface area contributed by atoms with Gasteiger partial charge in [0.05, 0.1) is 11.0 Å². The highest BCUT2D eigenvalue weighted by Crippen LogP contribution is 2.27. The molecular formula is C19H23N5O. The van der Waals surface area contributed by atoms with Crippen molar-refractivity contribution in [2.45, 2.75) is 18.6 Å². The summed E-state index contributed by atoms with van der Waals surface area (Å²) in [4.78, 5) is 16.1. The number of likely N-dealkylation sites (tertiary alicyclic amines) is 1. The molecule has 1 aromatic carbocycles. The first-order valence-electron chi connectivity index (χ1n) is 8.61. The molecule has 1 aliphatic heterocycles. The predicted molar refractivity (Wildman–Crippen MR) is 98.4 cm³/mol. The van der Waals surface area contributed by atoms with E-state index in [1.807, 2.05) is 30.3 Å². The first kappa shape index (κ1) is 16.1. The zero-order valence-corrected chi connectivity index (χ0v) is 14.4. The third kappa shape index (κ3) is 3.36. The number of anilines is 1. The van der Waals surface area contributed by atoms with Gasteiger partial charge in [0.25, 0.3) is 0 Å². The number of likely N-dealkylation sites (N-methyl/N-ethyl adjacent to an activating group) is 1. The number of H-pyrrole nitrogens is 1. The minimum atomic E-state index is -0.725. The highest BCUT2D eigenvalue weighted by molar-refractivity contribution is 5.87. The summed E-state index contributed by atoms with van der Waals surface area (Å²) < 4.78 is 0. The molecule has 6 nitrogen and oxygen atoms in total. The predicted octanol–water partition coefficient (Wildman–Crippen LogP) is 2.03. The molecule has 3 heterocycles. The van der Waals surface area contributed by atoms with Gasteiger partial charge in [0.1, 0.15) is 17.8 Å². The normalized spacial score (nSPS) is 21.0. The van der Waals surface area contributed by atoms with Gasteiger partial charge in [-0.2, -0.15) is 0 Å². The van der Waals surface area contributed by atoms with Gasteiger partial charge in [0, 0.05) is 39.4 Å². The smallest absolute Gasteiger partial charge is 0.142 e. The molecule has 0 bridgehead atoms. The number of β-amino-alcohol motifs (C(OH)–C–C–N with tert-alkyl or cyclic N) is 1. The SMILES string of the molecule is CN(C[C@]1(O)CCN(Cc2ccccc2)C1)c1ncnc2[nH]ccc12. The van der Waals surface area contributed by atoms with E-state index in [4.69, 9.17) is 0 Å². The average Bonchev–Trinajstić information content (AvgIpc) is 3.22. The van der Waals surface area contributed by atoms with Gasteiger partial charge >= 0.3 is 0 Å². The van der Waals surface area contributed by atoms with Gasteiger partial charge in [0.15, 0.2) is 0 Å². The van der Waals surface area contributed by atoms with Crippen LogP contribution in [-0.2, 0) is 6.54 Å². The second-order valence-corrected chi connectivity index (χ2v) is 6.96. The van der Waals surface area contributed by atoms with E-state index in [0.29, 0.717) is 13.1 Å². The van der Waals surface area contributed by atoms with Crippen LogP contribution in [0.25, 0.3) is 11.0 Å². The van der Waals surface area contributed by atoms with Gasteiger partial charge < -0.3 is 15.0 Å². The van der Waals surface area contributed by atoms with Crippen LogP contribution < -0.4 is 4.90 Å². The van der Waals surface area contributed by atoms with Crippen molar-refractivity contribution < 1.29 is 5.11 Å². The highest BCUT2D eigenvalue weighted by atomic mass is 16.3. The van der Waals surface area contributed by atoms with Crippen molar-refractivity contribution in [3.63, 3.8) is 0 Å². The minimum absolute atomic E-state index is 0.551. The van der Waals surface area contributed by atoms with Crippen LogP contribution in [0.1, 0.15) is 12.0 Å². The fourth-order valence-corrected chi connectivity index (χ4v) is 3.73. The Morgan fingerprint density at radius 2 is 2.08 bits per heavy atom. The van der Waals surface area contributed by atoms with E-state index in [1.165, 1.54) is 5.56 Å². The molecule has 1 saturated heterocycles. The quantitative estimate of drug-likeness (QED) is 0.746. The van der Waals surface area contributed by atoms with Crippen LogP contribution in [0.3, 0.4) is 0 Å². The second kappa shape index (κ2) is 6.46. The summed E-state index contributed by atoms with van der Waals surface area (Å²) in [6.45, 7) is 3.01. The standard InChI is InChI=1S/C19H23N5O/c1-23(18-16-7-9-20-17(16)21-14-22-18)12-19(25)8-10-24(13-19)11-15-5-3-2-4-6-15/h2-7,9,14,25H,8,10-13H2,1H3,(H,20,21,22)/t19-/m1/s1. The molecule has 25 heavy (non-hydrogen) atoms. The van der Waals surface area contributed by atoms with Crippen molar-refractivity contribution in [1.82, 2.24) is 19.9 Å². The van der Waals surface area contributed by atoms with Crippen molar-refractivity contribution in [1.29, 1.82) is 0 Å². The lowest BCUT2D eigenvalue weighted by Gasteiger charge is -2.30. The molecule has 1 fully saturated rings. The maximum Gasteiger partial charge on any atom is 0.142 e. The second-order valence-electron chi connectivity index (χ2n) is 6.96. The van der Waals surface area contributed by atoms with E-state index in [-0.39, 0.29) is 0 Å². The summed E-state index contributed by atoms with van der Waals surface area (Å²) in [5, 5.41) is 12.0. The maximum atomic E-state index is 11.1. The van der Waals surface area contributed by atoms with Crippen LogP contribution in [0.4, 0.5) is 5.82 Å². The number of benzene rings is 1. The van der Waals surface area contributed by atoms with Gasteiger partial charge in [-0.3, -0.25) is 4.90 Å². The number of rotatable bonds is 5. The Balaban J connectivity index is 1.44. The van der Waals surface area contributed by atoms with E-state index < -0.39 is 5.60 Å². The average molecular weight is 337 g/mol. The van der Waals surface area contributed by atoms with Crippen molar-refractivity contribution in [3.8, 4) is 0 Å². The number of hydrogen-bond donors (Lipinski definition) is 2. The number of aliphatic hydroxyl groups is 1. The van der Waals surface area contributed by atoms with Crippen molar-refractivity contribution in [2.75, 3.05) is 31.6 Å². The van der Waals surface area contributed by atoms with E-state index >= 15 is 0 Å². The number of nitrogens with zero attached hydrogens (tertiary/aromatic N) is 4. The van der Waals surface area contributed by atoms with Crippen LogP contribution >= 0.6 is 0 Å². The van der Waals surface area contributed by atoms with Crippen molar-refractivity contribution in [2.24, 2.45) is 0 Å². The van der Waals surface area contributed by atoms with Crippen molar-refractivity contribution in [3.05, 3.63) is 54.5 Å². The molecule has 0 aliphatic carbocycles. The summed E-state index contributed by atoms with van der Waals surface area (Å²) in [6, 6.07) is 12.4. The molecule has 130 valence electrons. The fourth-order valence-electron chi connectivity index (χ4n) is 3.73. The molecule has 0 unspecified atom stereocenters. The van der Waals surface area contributed by atoms with Gasteiger partial charge in [0.2, 0.25) is 0 Å². The van der Waals surface area contributed by atoms with Gasteiger partial charge in [-0.1, -0.05) is 30.3 Å². The largest absolute Gasteiger partial charge is 0.387 e. The number of aromatic amines is 1. The third-order valence-electron chi connectivity index (χ3n) is 4.89. The first-order chi connectivity index (χ1) is 12.1. The molecule has 3 aromatic rings. The zero-order chi connectivity index (χ0) is 17.3. The van der Waals surface area contributed by atoms with E-state index in [0.717, 1.165) is 36.4 Å².